The molecule has 0 aliphatic heterocycles. The molecule has 3 N–H and O–H groups in total. The maximum absolute atomic E-state index is 12.5. The molecule has 0 aromatic heterocycles. The van der Waals surface area contributed by atoms with Crippen molar-refractivity contribution in [3.05, 3.63) is 29.8 Å². The molecule has 27 heavy (non-hydrogen) atoms. The van der Waals surface area contributed by atoms with E-state index in [1.54, 1.807) is 25.2 Å². The maximum Gasteiger partial charge on any atom is 0.387 e. The summed E-state index contributed by atoms with van der Waals surface area (Å²) in [6.07, 6.45) is 5.37. The number of guanidine groups is 1. The topological polar surface area (TPSA) is 74.8 Å². The first kappa shape index (κ1) is 20.9. The molecule has 0 heterocycles. The van der Waals surface area contributed by atoms with E-state index in [-0.39, 0.29) is 18.2 Å². The molecule has 1 aromatic carbocycles. The van der Waals surface area contributed by atoms with Crippen molar-refractivity contribution < 1.29 is 18.3 Å². The molecular formula is C19H28F2N4O2. The van der Waals surface area contributed by atoms with E-state index in [2.05, 4.69) is 25.7 Å². The number of aliphatic imine (C=N–C) groups is 1. The fraction of sp³-hybridized carbons (Fsp3) is 0.579. The number of carbonyl (C=O) groups is 1. The predicted molar refractivity (Wildman–Crippen MR) is 101 cm³/mol. The highest BCUT2D eigenvalue weighted by molar-refractivity contribution is 5.80. The summed E-state index contributed by atoms with van der Waals surface area (Å²) < 4.78 is 29.4. The Bertz CT molecular complexity index is 619. The van der Waals surface area contributed by atoms with Crippen molar-refractivity contribution in [3.8, 4) is 5.75 Å². The summed E-state index contributed by atoms with van der Waals surface area (Å²) >= 11 is 0. The number of halogens is 2. The van der Waals surface area contributed by atoms with Crippen molar-refractivity contribution in [3.63, 3.8) is 0 Å². The summed E-state index contributed by atoms with van der Waals surface area (Å²) in [4.78, 5) is 16.0. The Balaban J connectivity index is 1.68. The van der Waals surface area contributed by atoms with E-state index in [0.717, 1.165) is 12.8 Å². The molecule has 2 rings (SSSR count). The van der Waals surface area contributed by atoms with Crippen molar-refractivity contribution in [2.45, 2.75) is 45.3 Å². The van der Waals surface area contributed by atoms with E-state index in [1.165, 1.54) is 18.9 Å². The van der Waals surface area contributed by atoms with Crippen molar-refractivity contribution in [1.82, 2.24) is 16.0 Å². The fourth-order valence-electron chi connectivity index (χ4n) is 3.19. The zero-order valence-electron chi connectivity index (χ0n) is 15.6. The molecule has 0 unspecified atom stereocenters. The van der Waals surface area contributed by atoms with Gasteiger partial charge in [-0.2, -0.15) is 8.78 Å². The maximum atomic E-state index is 12.5. The van der Waals surface area contributed by atoms with Crippen LogP contribution in [-0.4, -0.2) is 38.6 Å². The third-order valence-electron chi connectivity index (χ3n) is 4.55. The highest BCUT2D eigenvalue weighted by Gasteiger charge is 2.18. The van der Waals surface area contributed by atoms with Gasteiger partial charge >= 0.3 is 6.61 Å². The van der Waals surface area contributed by atoms with E-state index in [4.69, 9.17) is 0 Å². The minimum atomic E-state index is -2.86. The molecule has 1 saturated carbocycles. The number of nitrogens with one attached hydrogen (secondary N) is 3. The third-order valence-corrected chi connectivity index (χ3v) is 4.55. The Kier molecular flexibility index (Phi) is 8.80. The Morgan fingerprint density at radius 3 is 2.59 bits per heavy atom. The van der Waals surface area contributed by atoms with E-state index < -0.39 is 6.61 Å². The van der Waals surface area contributed by atoms with E-state index in [0.29, 0.717) is 37.0 Å². The van der Waals surface area contributed by atoms with Crippen molar-refractivity contribution >= 4 is 11.9 Å². The van der Waals surface area contributed by atoms with Crippen LogP contribution in [0.2, 0.25) is 0 Å². The second-order valence-corrected chi connectivity index (χ2v) is 6.54. The molecule has 1 aromatic rings. The zero-order valence-corrected chi connectivity index (χ0v) is 15.6. The van der Waals surface area contributed by atoms with E-state index in [9.17, 15) is 13.6 Å². The minimum Gasteiger partial charge on any atom is -0.434 e. The van der Waals surface area contributed by atoms with Crippen LogP contribution in [0.4, 0.5) is 8.78 Å². The summed E-state index contributed by atoms with van der Waals surface area (Å²) in [5.41, 5.74) is 0.602. The molecule has 8 heteroatoms. The van der Waals surface area contributed by atoms with Crippen LogP contribution >= 0.6 is 0 Å². The highest BCUT2D eigenvalue weighted by atomic mass is 19.3. The fourth-order valence-corrected chi connectivity index (χ4v) is 3.19. The third kappa shape index (κ3) is 7.80. The van der Waals surface area contributed by atoms with Gasteiger partial charge in [-0.3, -0.25) is 9.79 Å². The first-order chi connectivity index (χ1) is 13.1. The number of para-hydroxylation sites is 1. The smallest absolute Gasteiger partial charge is 0.387 e. The number of alkyl halides is 2. The molecule has 0 radical (unpaired) electrons. The number of nitrogens with zero attached hydrogens (tertiary/aromatic N) is 1. The van der Waals surface area contributed by atoms with Gasteiger partial charge in [0.2, 0.25) is 5.91 Å². The Morgan fingerprint density at radius 2 is 1.89 bits per heavy atom. The summed E-state index contributed by atoms with van der Waals surface area (Å²) in [6.45, 7) is -1.56. The number of carbonyl (C=O) groups excluding carboxylic acids is 1. The molecule has 0 saturated heterocycles. The molecule has 1 fully saturated rings. The number of hydrogen-bond donors (Lipinski definition) is 3. The lowest BCUT2D eigenvalue weighted by Gasteiger charge is -2.15. The molecule has 0 bridgehead atoms. The first-order valence-electron chi connectivity index (χ1n) is 9.32. The lowest BCUT2D eigenvalue weighted by molar-refractivity contribution is -0.121. The van der Waals surface area contributed by atoms with Gasteiger partial charge in [0.25, 0.3) is 0 Å². The van der Waals surface area contributed by atoms with Gasteiger partial charge in [-0.1, -0.05) is 31.0 Å². The second kappa shape index (κ2) is 11.4. The minimum absolute atomic E-state index is 0.0877. The average Bonchev–Trinajstić information content (AvgIpc) is 3.14. The normalized spacial score (nSPS) is 15.0. The van der Waals surface area contributed by atoms with Gasteiger partial charge in [-0.25, -0.2) is 0 Å². The largest absolute Gasteiger partial charge is 0.434 e. The number of hydrogen-bond acceptors (Lipinski definition) is 3. The molecule has 150 valence electrons. The summed E-state index contributed by atoms with van der Waals surface area (Å²) in [6, 6.07) is 6.61. The van der Waals surface area contributed by atoms with Gasteiger partial charge in [0.05, 0.1) is 0 Å². The molecule has 1 aliphatic carbocycles. The Labute approximate surface area is 158 Å². The molecule has 0 atom stereocenters. The lowest BCUT2D eigenvalue weighted by Crippen LogP contribution is -2.41. The van der Waals surface area contributed by atoms with E-state index >= 15 is 0 Å². The molecule has 0 spiro atoms. The molecule has 1 amide bonds. The number of benzene rings is 1. The van der Waals surface area contributed by atoms with Crippen LogP contribution in [0.25, 0.3) is 0 Å². The monoisotopic (exact) mass is 382 g/mol. The highest BCUT2D eigenvalue weighted by Crippen LogP contribution is 2.27. The standard InChI is InChI=1S/C19H28F2N4O2/c1-22-19(24-11-10-23-17(26)12-14-6-2-3-7-14)25-13-15-8-4-5-9-16(15)27-18(20)21/h4-5,8-9,14,18H,2-3,6-7,10-13H2,1H3,(H,23,26)(H2,22,24,25). The van der Waals surface area contributed by atoms with E-state index in [1.807, 2.05) is 0 Å². The first-order valence-corrected chi connectivity index (χ1v) is 9.32. The number of rotatable bonds is 9. The predicted octanol–water partition coefficient (Wildman–Crippen LogP) is 2.65. The van der Waals surface area contributed by atoms with Crippen molar-refractivity contribution in [1.29, 1.82) is 0 Å². The van der Waals surface area contributed by atoms with Crippen molar-refractivity contribution in [2.24, 2.45) is 10.9 Å². The van der Waals surface area contributed by atoms with Crippen LogP contribution in [0.5, 0.6) is 5.75 Å². The van der Waals surface area contributed by atoms with Crippen LogP contribution in [0.1, 0.15) is 37.7 Å². The summed E-state index contributed by atoms with van der Waals surface area (Å²) in [5.74, 6) is 1.27. The van der Waals surface area contributed by atoms with Gasteiger partial charge in [0.1, 0.15) is 5.75 Å². The quantitative estimate of drug-likeness (QED) is 0.349. The Morgan fingerprint density at radius 1 is 1.19 bits per heavy atom. The summed E-state index contributed by atoms with van der Waals surface area (Å²) in [7, 11) is 1.62. The van der Waals surface area contributed by atoms with Crippen LogP contribution in [0.3, 0.4) is 0 Å². The zero-order chi connectivity index (χ0) is 19.5. The van der Waals surface area contributed by atoms with Gasteiger partial charge < -0.3 is 20.7 Å². The number of ether oxygens (including phenoxy) is 1. The van der Waals surface area contributed by atoms with Gasteiger partial charge in [-0.05, 0) is 24.8 Å². The van der Waals surface area contributed by atoms with Crippen LogP contribution in [0, 0.1) is 5.92 Å². The number of amides is 1. The van der Waals surface area contributed by atoms with Gasteiger partial charge in [-0.15, -0.1) is 0 Å². The van der Waals surface area contributed by atoms with Gasteiger partial charge in [0, 0.05) is 38.7 Å². The van der Waals surface area contributed by atoms with Crippen LogP contribution in [-0.2, 0) is 11.3 Å². The van der Waals surface area contributed by atoms with Crippen LogP contribution in [0.15, 0.2) is 29.3 Å². The molecule has 6 nitrogen and oxygen atoms in total. The van der Waals surface area contributed by atoms with Gasteiger partial charge in [0.15, 0.2) is 5.96 Å². The lowest BCUT2D eigenvalue weighted by atomic mass is 10.0. The average molecular weight is 382 g/mol. The Hall–Kier alpha value is -2.38. The molecule has 1 aliphatic rings. The summed E-state index contributed by atoms with van der Waals surface area (Å²) in [5, 5.41) is 9.04. The SMILES string of the molecule is CN=C(NCCNC(=O)CC1CCCC1)NCc1ccccc1OC(F)F. The van der Waals surface area contributed by atoms with Crippen LogP contribution < -0.4 is 20.7 Å². The van der Waals surface area contributed by atoms with Crippen molar-refractivity contribution in [2.75, 3.05) is 20.1 Å². The molecular weight excluding hydrogens is 354 g/mol. The second-order valence-electron chi connectivity index (χ2n) is 6.54.